The Labute approximate surface area is 194 Å². The molecule has 0 saturated heterocycles. The van der Waals surface area contributed by atoms with Crippen LogP contribution in [0.25, 0.3) is 0 Å². The van der Waals surface area contributed by atoms with Gasteiger partial charge in [0.2, 0.25) is 0 Å². The van der Waals surface area contributed by atoms with Gasteiger partial charge in [-0.25, -0.2) is 0 Å². The third-order valence-corrected chi connectivity index (χ3v) is 4.87. The van der Waals surface area contributed by atoms with E-state index in [9.17, 15) is 9.59 Å². The first kappa shape index (κ1) is 23.1. The van der Waals surface area contributed by atoms with Crippen LogP contribution in [0.1, 0.15) is 15.9 Å². The minimum absolute atomic E-state index is 0.253. The molecule has 0 saturated carbocycles. The number of amides is 2. The van der Waals surface area contributed by atoms with Gasteiger partial charge in [0.1, 0.15) is 30.5 Å². The highest BCUT2D eigenvalue weighted by molar-refractivity contribution is 9.10. The van der Waals surface area contributed by atoms with Crippen LogP contribution in [0.5, 0.6) is 17.2 Å². The number of ether oxygens (including phenoxy) is 3. The number of hydrazine groups is 1. The Morgan fingerprint density at radius 1 is 0.812 bits per heavy atom. The van der Waals surface area contributed by atoms with Crippen molar-refractivity contribution in [3.8, 4) is 17.2 Å². The quantitative estimate of drug-likeness (QED) is 0.343. The standard InChI is InChI=1S/C24H23BrN2O5/c1-17-11-12-22(20(25)15-17)32-16-23(28)26-27-24(29)19-9-5-6-10-21(19)31-14-13-30-18-7-3-2-4-8-18/h2-12,15H,13-14,16H2,1H3,(H,26,28)(H,27,29). The molecule has 0 aliphatic heterocycles. The average molecular weight is 499 g/mol. The molecule has 0 heterocycles. The molecular weight excluding hydrogens is 476 g/mol. The van der Waals surface area contributed by atoms with E-state index in [1.54, 1.807) is 30.3 Å². The molecule has 2 amide bonds. The second-order valence-electron chi connectivity index (χ2n) is 6.73. The smallest absolute Gasteiger partial charge is 0.276 e. The van der Waals surface area contributed by atoms with Gasteiger partial charge >= 0.3 is 0 Å². The first-order valence-electron chi connectivity index (χ1n) is 9.91. The first-order valence-corrected chi connectivity index (χ1v) is 10.7. The summed E-state index contributed by atoms with van der Waals surface area (Å²) >= 11 is 3.39. The van der Waals surface area contributed by atoms with E-state index in [0.29, 0.717) is 18.1 Å². The number of carbonyl (C=O) groups excluding carboxylic acids is 2. The fraction of sp³-hybridized carbons (Fsp3) is 0.167. The molecular formula is C24H23BrN2O5. The molecule has 0 bridgehead atoms. The normalized spacial score (nSPS) is 10.2. The van der Waals surface area contributed by atoms with Gasteiger partial charge in [-0.2, -0.15) is 0 Å². The number of aryl methyl sites for hydroxylation is 1. The van der Waals surface area contributed by atoms with E-state index in [2.05, 4.69) is 26.8 Å². The van der Waals surface area contributed by atoms with E-state index in [4.69, 9.17) is 14.2 Å². The fourth-order valence-corrected chi connectivity index (χ4v) is 3.31. The first-order chi connectivity index (χ1) is 15.5. The summed E-state index contributed by atoms with van der Waals surface area (Å²) in [5.74, 6) is 0.656. The second-order valence-corrected chi connectivity index (χ2v) is 7.59. The van der Waals surface area contributed by atoms with Crippen LogP contribution in [0.2, 0.25) is 0 Å². The Morgan fingerprint density at radius 2 is 1.53 bits per heavy atom. The number of rotatable bonds is 9. The minimum atomic E-state index is -0.505. The summed E-state index contributed by atoms with van der Waals surface area (Å²) in [6.07, 6.45) is 0. The Balaban J connectivity index is 1.45. The summed E-state index contributed by atoms with van der Waals surface area (Å²) < 4.78 is 17.5. The van der Waals surface area contributed by atoms with Crippen LogP contribution < -0.4 is 25.1 Å². The van der Waals surface area contributed by atoms with E-state index < -0.39 is 11.8 Å². The van der Waals surface area contributed by atoms with Crippen molar-refractivity contribution in [1.29, 1.82) is 0 Å². The summed E-state index contributed by atoms with van der Waals surface area (Å²) in [6.45, 7) is 2.28. The van der Waals surface area contributed by atoms with Gasteiger partial charge in [-0.05, 0) is 64.8 Å². The molecule has 0 aliphatic carbocycles. The summed E-state index contributed by atoms with van der Waals surface area (Å²) in [4.78, 5) is 24.6. The molecule has 2 N–H and O–H groups in total. The van der Waals surface area contributed by atoms with Crippen molar-refractivity contribution in [3.05, 3.63) is 88.4 Å². The van der Waals surface area contributed by atoms with E-state index in [0.717, 1.165) is 15.8 Å². The predicted molar refractivity (Wildman–Crippen MR) is 124 cm³/mol. The lowest BCUT2D eigenvalue weighted by Gasteiger charge is -2.13. The van der Waals surface area contributed by atoms with Gasteiger partial charge in [-0.15, -0.1) is 0 Å². The molecule has 0 aromatic heterocycles. The predicted octanol–water partition coefficient (Wildman–Crippen LogP) is 4.06. The van der Waals surface area contributed by atoms with E-state index in [-0.39, 0.29) is 18.8 Å². The van der Waals surface area contributed by atoms with Gasteiger partial charge in [-0.3, -0.25) is 20.4 Å². The highest BCUT2D eigenvalue weighted by Crippen LogP contribution is 2.25. The molecule has 0 radical (unpaired) electrons. The molecule has 0 spiro atoms. The van der Waals surface area contributed by atoms with Gasteiger partial charge in [0.25, 0.3) is 11.8 Å². The van der Waals surface area contributed by atoms with Crippen LogP contribution >= 0.6 is 15.9 Å². The molecule has 0 unspecified atom stereocenters. The molecule has 0 atom stereocenters. The Morgan fingerprint density at radius 3 is 2.31 bits per heavy atom. The zero-order valence-electron chi connectivity index (χ0n) is 17.5. The number of para-hydroxylation sites is 2. The third-order valence-electron chi connectivity index (χ3n) is 4.25. The third kappa shape index (κ3) is 7.02. The van der Waals surface area contributed by atoms with Crippen molar-refractivity contribution < 1.29 is 23.8 Å². The van der Waals surface area contributed by atoms with Crippen molar-refractivity contribution in [2.45, 2.75) is 6.92 Å². The van der Waals surface area contributed by atoms with E-state index >= 15 is 0 Å². The SMILES string of the molecule is Cc1ccc(OCC(=O)NNC(=O)c2ccccc2OCCOc2ccccc2)c(Br)c1. The van der Waals surface area contributed by atoms with E-state index in [1.807, 2.05) is 49.4 Å². The molecule has 3 rings (SSSR count). The lowest BCUT2D eigenvalue weighted by atomic mass is 10.2. The maximum atomic E-state index is 12.5. The lowest BCUT2D eigenvalue weighted by Crippen LogP contribution is -2.44. The van der Waals surface area contributed by atoms with Crippen LogP contribution in [0.3, 0.4) is 0 Å². The highest BCUT2D eigenvalue weighted by Gasteiger charge is 2.13. The number of benzene rings is 3. The minimum Gasteiger partial charge on any atom is -0.490 e. The number of carbonyl (C=O) groups is 2. The molecule has 3 aromatic carbocycles. The topological polar surface area (TPSA) is 85.9 Å². The van der Waals surface area contributed by atoms with Crippen molar-refractivity contribution in [2.75, 3.05) is 19.8 Å². The van der Waals surface area contributed by atoms with Crippen molar-refractivity contribution in [1.82, 2.24) is 10.9 Å². The van der Waals surface area contributed by atoms with Crippen LogP contribution in [0.4, 0.5) is 0 Å². The molecule has 0 fully saturated rings. The maximum absolute atomic E-state index is 12.5. The number of hydrogen-bond acceptors (Lipinski definition) is 5. The molecule has 3 aromatic rings. The van der Waals surface area contributed by atoms with Gasteiger partial charge < -0.3 is 14.2 Å². The van der Waals surface area contributed by atoms with Crippen LogP contribution in [0.15, 0.2) is 77.3 Å². The molecule has 8 heteroatoms. The van der Waals surface area contributed by atoms with Crippen LogP contribution in [-0.4, -0.2) is 31.6 Å². The monoisotopic (exact) mass is 498 g/mol. The highest BCUT2D eigenvalue weighted by atomic mass is 79.9. The van der Waals surface area contributed by atoms with Crippen molar-refractivity contribution in [3.63, 3.8) is 0 Å². The summed E-state index contributed by atoms with van der Waals surface area (Å²) in [6, 6.07) is 21.7. The van der Waals surface area contributed by atoms with Crippen LogP contribution in [0, 0.1) is 6.92 Å². The Hall–Kier alpha value is -3.52. The molecule has 32 heavy (non-hydrogen) atoms. The Bertz CT molecular complexity index is 1060. The van der Waals surface area contributed by atoms with Crippen molar-refractivity contribution in [2.24, 2.45) is 0 Å². The number of nitrogens with one attached hydrogen (secondary N) is 2. The summed E-state index contributed by atoms with van der Waals surface area (Å²) in [7, 11) is 0. The van der Waals surface area contributed by atoms with Crippen LogP contribution in [-0.2, 0) is 4.79 Å². The average Bonchev–Trinajstić information content (AvgIpc) is 2.80. The maximum Gasteiger partial charge on any atom is 0.276 e. The molecule has 0 aliphatic rings. The van der Waals surface area contributed by atoms with Crippen molar-refractivity contribution >= 4 is 27.7 Å². The van der Waals surface area contributed by atoms with Gasteiger partial charge in [0, 0.05) is 0 Å². The van der Waals surface area contributed by atoms with Gasteiger partial charge in [-0.1, -0.05) is 36.4 Å². The zero-order chi connectivity index (χ0) is 22.8. The fourth-order valence-electron chi connectivity index (χ4n) is 2.70. The van der Waals surface area contributed by atoms with E-state index in [1.165, 1.54) is 0 Å². The lowest BCUT2D eigenvalue weighted by molar-refractivity contribution is -0.123. The largest absolute Gasteiger partial charge is 0.490 e. The Kier molecular flexibility index (Phi) is 8.51. The molecule has 166 valence electrons. The van der Waals surface area contributed by atoms with Gasteiger partial charge in [0.05, 0.1) is 10.0 Å². The number of hydrogen-bond donors (Lipinski definition) is 2. The summed E-state index contributed by atoms with van der Waals surface area (Å²) in [5.41, 5.74) is 6.06. The molecule has 7 nitrogen and oxygen atoms in total. The second kappa shape index (κ2) is 11.8. The zero-order valence-corrected chi connectivity index (χ0v) is 19.1. The van der Waals surface area contributed by atoms with Gasteiger partial charge in [0.15, 0.2) is 6.61 Å². The summed E-state index contributed by atoms with van der Waals surface area (Å²) in [5, 5.41) is 0. The number of halogens is 1.